The summed E-state index contributed by atoms with van der Waals surface area (Å²) in [7, 11) is -0.656. The standard InChI is InChI=1S/C22H41NO6Si/c1-20(2,3)29-19(26)23-13-10-22(11-14-23,17(24)16-18(25)27-7)12-15-28-30(8,9)21(4,5)6/h10-16H2,1-9H3. The maximum atomic E-state index is 13.1. The highest BCUT2D eigenvalue weighted by Crippen LogP contribution is 2.40. The summed E-state index contributed by atoms with van der Waals surface area (Å²) in [5.41, 5.74) is -1.25. The number of Topliss-reactive ketones (excluding diaryl/α,β-unsaturated/α-hetero) is 1. The van der Waals surface area contributed by atoms with Crippen molar-refractivity contribution in [3.63, 3.8) is 0 Å². The zero-order valence-corrected chi connectivity index (χ0v) is 21.3. The Hall–Kier alpha value is -1.41. The number of hydrogen-bond acceptors (Lipinski definition) is 6. The predicted molar refractivity (Wildman–Crippen MR) is 119 cm³/mol. The van der Waals surface area contributed by atoms with Gasteiger partial charge in [0.05, 0.1) is 7.11 Å². The Morgan fingerprint density at radius 1 is 1.00 bits per heavy atom. The number of hydrogen-bond donors (Lipinski definition) is 0. The lowest BCUT2D eigenvalue weighted by Crippen LogP contribution is -2.49. The van der Waals surface area contributed by atoms with Crippen molar-refractivity contribution in [3.8, 4) is 0 Å². The minimum Gasteiger partial charge on any atom is -0.469 e. The predicted octanol–water partition coefficient (Wildman–Crippen LogP) is 4.55. The Labute approximate surface area is 182 Å². The van der Waals surface area contributed by atoms with Gasteiger partial charge in [-0.25, -0.2) is 4.79 Å². The van der Waals surface area contributed by atoms with E-state index < -0.39 is 25.3 Å². The first-order valence-corrected chi connectivity index (χ1v) is 13.7. The van der Waals surface area contributed by atoms with Crippen molar-refractivity contribution in [3.05, 3.63) is 0 Å². The number of amides is 1. The molecule has 8 heteroatoms. The third kappa shape index (κ3) is 7.37. The smallest absolute Gasteiger partial charge is 0.410 e. The third-order valence-electron chi connectivity index (χ3n) is 6.35. The van der Waals surface area contributed by atoms with Crippen LogP contribution in [0.5, 0.6) is 0 Å². The Balaban J connectivity index is 2.88. The number of piperidine rings is 1. The minimum absolute atomic E-state index is 0.0796. The molecule has 1 amide bonds. The Bertz CT molecular complexity index is 625. The molecule has 1 heterocycles. The van der Waals surface area contributed by atoms with E-state index in [1.54, 1.807) is 4.90 Å². The number of nitrogens with zero attached hydrogens (tertiary/aromatic N) is 1. The van der Waals surface area contributed by atoms with Crippen LogP contribution >= 0.6 is 0 Å². The first-order chi connectivity index (χ1) is 13.5. The average Bonchev–Trinajstić information content (AvgIpc) is 2.59. The van der Waals surface area contributed by atoms with Crippen molar-refractivity contribution >= 4 is 26.2 Å². The van der Waals surface area contributed by atoms with E-state index in [4.69, 9.17) is 13.9 Å². The van der Waals surface area contributed by atoms with Crippen LogP contribution in [0.3, 0.4) is 0 Å². The molecule has 1 rings (SSSR count). The molecule has 1 saturated heterocycles. The topological polar surface area (TPSA) is 82.1 Å². The van der Waals surface area contributed by atoms with E-state index in [1.807, 2.05) is 20.8 Å². The second-order valence-corrected chi connectivity index (χ2v) is 15.6. The largest absolute Gasteiger partial charge is 0.469 e. The highest BCUT2D eigenvalue weighted by atomic mass is 28.4. The van der Waals surface area contributed by atoms with E-state index in [9.17, 15) is 14.4 Å². The van der Waals surface area contributed by atoms with E-state index in [2.05, 4.69) is 33.9 Å². The van der Waals surface area contributed by atoms with Gasteiger partial charge in [-0.05, 0) is 58.2 Å². The van der Waals surface area contributed by atoms with E-state index in [-0.39, 0.29) is 23.3 Å². The number of ether oxygens (including phenoxy) is 2. The normalized spacial score (nSPS) is 17.4. The molecular weight excluding hydrogens is 402 g/mol. The summed E-state index contributed by atoms with van der Waals surface area (Å²) >= 11 is 0. The average molecular weight is 444 g/mol. The van der Waals surface area contributed by atoms with Gasteiger partial charge in [0.1, 0.15) is 17.8 Å². The molecular formula is C22H41NO6Si. The molecule has 0 saturated carbocycles. The molecule has 1 aliphatic rings. The van der Waals surface area contributed by atoms with Crippen molar-refractivity contribution in [1.29, 1.82) is 0 Å². The molecule has 0 aromatic heterocycles. The molecule has 0 radical (unpaired) electrons. The first kappa shape index (κ1) is 26.6. The summed E-state index contributed by atoms with van der Waals surface area (Å²) in [6, 6.07) is 0. The zero-order chi connectivity index (χ0) is 23.4. The van der Waals surface area contributed by atoms with Gasteiger partial charge in [-0.15, -0.1) is 0 Å². The number of likely N-dealkylation sites (tertiary alicyclic amines) is 1. The summed E-state index contributed by atoms with van der Waals surface area (Å²) in [5, 5.41) is 0.0796. The fourth-order valence-electron chi connectivity index (χ4n) is 3.22. The first-order valence-electron chi connectivity index (χ1n) is 10.7. The third-order valence-corrected chi connectivity index (χ3v) is 10.9. The Kier molecular flexibility index (Phi) is 8.70. The number of ketones is 1. The lowest BCUT2D eigenvalue weighted by atomic mass is 9.71. The summed E-state index contributed by atoms with van der Waals surface area (Å²) in [6.07, 6.45) is 0.904. The summed E-state index contributed by atoms with van der Waals surface area (Å²) < 4.78 is 16.5. The Morgan fingerprint density at radius 3 is 1.97 bits per heavy atom. The van der Waals surface area contributed by atoms with Crippen molar-refractivity contribution in [2.24, 2.45) is 5.41 Å². The molecule has 0 bridgehead atoms. The Morgan fingerprint density at radius 2 is 1.53 bits per heavy atom. The van der Waals surface area contributed by atoms with Crippen LogP contribution in [0.2, 0.25) is 18.1 Å². The highest BCUT2D eigenvalue weighted by Gasteiger charge is 2.44. The molecule has 174 valence electrons. The summed E-state index contributed by atoms with van der Waals surface area (Å²) in [6.45, 7) is 17.7. The SMILES string of the molecule is COC(=O)CC(=O)C1(CCO[Si](C)(C)C(C)(C)C)CCN(C(=O)OC(C)(C)C)CC1. The van der Waals surface area contributed by atoms with E-state index in [0.29, 0.717) is 39.0 Å². The zero-order valence-electron chi connectivity index (χ0n) is 20.3. The van der Waals surface area contributed by atoms with Crippen LogP contribution < -0.4 is 0 Å². The summed E-state index contributed by atoms with van der Waals surface area (Å²) in [4.78, 5) is 38.9. The van der Waals surface area contributed by atoms with Gasteiger partial charge in [0.25, 0.3) is 0 Å². The maximum Gasteiger partial charge on any atom is 0.410 e. The second-order valence-electron chi connectivity index (χ2n) is 10.8. The summed E-state index contributed by atoms with van der Waals surface area (Å²) in [5.74, 6) is -0.656. The van der Waals surface area contributed by atoms with E-state index in [0.717, 1.165) is 0 Å². The van der Waals surface area contributed by atoms with Gasteiger partial charge in [0.15, 0.2) is 8.32 Å². The van der Waals surface area contributed by atoms with Crippen LogP contribution in [-0.2, 0) is 23.5 Å². The van der Waals surface area contributed by atoms with Crippen LogP contribution in [-0.4, -0.2) is 63.5 Å². The van der Waals surface area contributed by atoms with Crippen LogP contribution in [0.25, 0.3) is 0 Å². The fraction of sp³-hybridized carbons (Fsp3) is 0.864. The molecule has 0 aromatic carbocycles. The van der Waals surface area contributed by atoms with E-state index >= 15 is 0 Å². The van der Waals surface area contributed by atoms with E-state index in [1.165, 1.54) is 7.11 Å². The van der Waals surface area contributed by atoms with Crippen LogP contribution in [0.4, 0.5) is 4.79 Å². The van der Waals surface area contributed by atoms with Crippen molar-refractivity contribution in [2.45, 2.75) is 91.0 Å². The van der Waals surface area contributed by atoms with Gasteiger partial charge >= 0.3 is 12.1 Å². The molecule has 7 nitrogen and oxygen atoms in total. The lowest BCUT2D eigenvalue weighted by molar-refractivity contribution is -0.147. The molecule has 0 aliphatic carbocycles. The maximum absolute atomic E-state index is 13.1. The number of carbonyl (C=O) groups excluding carboxylic acids is 3. The molecule has 0 N–H and O–H groups in total. The molecule has 0 atom stereocenters. The molecule has 0 aromatic rings. The van der Waals surface area contributed by atoms with Gasteiger partial charge < -0.3 is 18.8 Å². The number of esters is 1. The fourth-order valence-corrected chi connectivity index (χ4v) is 4.27. The molecule has 1 aliphatic heterocycles. The van der Waals surface area contributed by atoms with Gasteiger partial charge in [0.2, 0.25) is 0 Å². The quantitative estimate of drug-likeness (QED) is 0.326. The van der Waals surface area contributed by atoms with Gasteiger partial charge in [-0.1, -0.05) is 20.8 Å². The number of methoxy groups -OCH3 is 1. The van der Waals surface area contributed by atoms with Crippen LogP contribution in [0.1, 0.15) is 67.2 Å². The lowest BCUT2D eigenvalue weighted by Gasteiger charge is -2.42. The number of rotatable bonds is 7. The van der Waals surface area contributed by atoms with Gasteiger partial charge in [-0.3, -0.25) is 9.59 Å². The van der Waals surface area contributed by atoms with Gasteiger partial charge in [0, 0.05) is 25.1 Å². The number of carbonyl (C=O) groups is 3. The van der Waals surface area contributed by atoms with Crippen molar-refractivity contribution in [1.82, 2.24) is 4.90 Å². The second kappa shape index (κ2) is 9.81. The molecule has 30 heavy (non-hydrogen) atoms. The monoisotopic (exact) mass is 443 g/mol. The van der Waals surface area contributed by atoms with Crippen LogP contribution in [0.15, 0.2) is 0 Å². The molecule has 0 unspecified atom stereocenters. The molecule has 1 fully saturated rings. The van der Waals surface area contributed by atoms with Crippen LogP contribution in [0, 0.1) is 5.41 Å². The molecule has 0 spiro atoms. The minimum atomic E-state index is -1.94. The van der Waals surface area contributed by atoms with Crippen molar-refractivity contribution in [2.75, 3.05) is 26.8 Å². The highest BCUT2D eigenvalue weighted by molar-refractivity contribution is 6.74. The van der Waals surface area contributed by atoms with Gasteiger partial charge in [-0.2, -0.15) is 0 Å². The van der Waals surface area contributed by atoms with Crippen molar-refractivity contribution < 1.29 is 28.3 Å².